The summed E-state index contributed by atoms with van der Waals surface area (Å²) in [6, 6.07) is 11.9. The molecule has 0 saturated carbocycles. The highest BCUT2D eigenvalue weighted by molar-refractivity contribution is 5.93. The van der Waals surface area contributed by atoms with Crippen LogP contribution in [0.3, 0.4) is 0 Å². The minimum absolute atomic E-state index is 0.0716. The fourth-order valence-corrected chi connectivity index (χ4v) is 2.77. The van der Waals surface area contributed by atoms with Crippen LogP contribution in [0.25, 0.3) is 5.57 Å². The molecule has 0 radical (unpaired) electrons. The Bertz CT molecular complexity index is 706. The van der Waals surface area contributed by atoms with Crippen LogP contribution in [0, 0.1) is 6.92 Å². The van der Waals surface area contributed by atoms with E-state index >= 15 is 0 Å². The van der Waals surface area contributed by atoms with E-state index in [0.717, 1.165) is 25.2 Å². The molecule has 3 rings (SSSR count). The molecule has 2 aromatic rings. The molecule has 5 heteroatoms. The third-order valence-electron chi connectivity index (χ3n) is 4.19. The fraction of sp³-hybridized carbons (Fsp3) is 0.333. The van der Waals surface area contributed by atoms with Crippen LogP contribution < -0.4 is 5.32 Å². The molecule has 5 nitrogen and oxygen atoms in total. The zero-order valence-electron chi connectivity index (χ0n) is 13.5. The van der Waals surface area contributed by atoms with Crippen molar-refractivity contribution in [3.05, 3.63) is 53.7 Å². The lowest BCUT2D eigenvalue weighted by molar-refractivity contribution is -0.120. The highest BCUT2D eigenvalue weighted by atomic mass is 16.5. The lowest BCUT2D eigenvalue weighted by atomic mass is 9.99. The third-order valence-corrected chi connectivity index (χ3v) is 4.19. The maximum atomic E-state index is 12.3. The summed E-state index contributed by atoms with van der Waals surface area (Å²) in [5.41, 5.74) is 3.36. The number of nitrogens with zero attached hydrogens (tertiary/aromatic N) is 2. The number of benzene rings is 1. The van der Waals surface area contributed by atoms with E-state index in [1.165, 1.54) is 11.1 Å². The van der Waals surface area contributed by atoms with Crippen LogP contribution in [0.5, 0.6) is 0 Å². The van der Waals surface area contributed by atoms with Crippen LogP contribution in [-0.4, -0.2) is 35.1 Å². The summed E-state index contributed by atoms with van der Waals surface area (Å²) < 4.78 is 5.03. The predicted molar refractivity (Wildman–Crippen MR) is 89.9 cm³/mol. The monoisotopic (exact) mass is 311 g/mol. The van der Waals surface area contributed by atoms with E-state index in [1.54, 1.807) is 6.07 Å². The molecule has 0 fully saturated rings. The van der Waals surface area contributed by atoms with Gasteiger partial charge >= 0.3 is 0 Å². The van der Waals surface area contributed by atoms with E-state index in [4.69, 9.17) is 4.52 Å². The van der Waals surface area contributed by atoms with Gasteiger partial charge in [-0.1, -0.05) is 41.6 Å². The molecule has 1 unspecified atom stereocenters. The maximum Gasteiger partial charge on any atom is 0.243 e. The molecule has 1 aliphatic rings. The molecule has 0 spiro atoms. The Morgan fingerprint density at radius 2 is 2.13 bits per heavy atom. The topological polar surface area (TPSA) is 58.4 Å². The van der Waals surface area contributed by atoms with Gasteiger partial charge < -0.3 is 4.52 Å². The van der Waals surface area contributed by atoms with Crippen molar-refractivity contribution in [2.24, 2.45) is 0 Å². The van der Waals surface area contributed by atoms with Crippen LogP contribution in [0.2, 0.25) is 0 Å². The maximum absolute atomic E-state index is 12.3. The van der Waals surface area contributed by atoms with E-state index in [-0.39, 0.29) is 11.9 Å². The van der Waals surface area contributed by atoms with Crippen LogP contribution >= 0.6 is 0 Å². The Morgan fingerprint density at radius 3 is 2.74 bits per heavy atom. The summed E-state index contributed by atoms with van der Waals surface area (Å²) in [5.74, 6) is 0.328. The van der Waals surface area contributed by atoms with Crippen molar-refractivity contribution in [2.45, 2.75) is 26.3 Å². The van der Waals surface area contributed by atoms with E-state index in [1.807, 2.05) is 19.9 Å². The molecule has 1 aromatic heterocycles. The summed E-state index contributed by atoms with van der Waals surface area (Å²) in [6.45, 7) is 5.38. The molecular weight excluding hydrogens is 290 g/mol. The van der Waals surface area contributed by atoms with E-state index in [2.05, 4.69) is 45.7 Å². The molecule has 1 aromatic carbocycles. The lowest BCUT2D eigenvalue weighted by Crippen LogP contribution is -2.43. The highest BCUT2D eigenvalue weighted by Crippen LogP contribution is 2.23. The normalized spacial score (nSPS) is 16.7. The van der Waals surface area contributed by atoms with Gasteiger partial charge in [-0.2, -0.15) is 0 Å². The van der Waals surface area contributed by atoms with Gasteiger partial charge in [0.05, 0.1) is 11.7 Å². The standard InChI is InChI=1S/C18H21N3O2/c1-13-12-17(23-20-13)19-18(22)14(2)21-10-8-16(9-11-21)15-6-4-3-5-7-15/h3-8,12,14H,9-11H2,1-2H3,(H,19,22). The summed E-state index contributed by atoms with van der Waals surface area (Å²) in [7, 11) is 0. The Hall–Kier alpha value is -2.40. The van der Waals surface area contributed by atoms with Crippen LogP contribution in [0.4, 0.5) is 5.88 Å². The van der Waals surface area contributed by atoms with E-state index in [9.17, 15) is 4.79 Å². The summed E-state index contributed by atoms with van der Waals surface area (Å²) in [4.78, 5) is 14.5. The second-order valence-corrected chi connectivity index (χ2v) is 5.84. The van der Waals surface area contributed by atoms with Crippen molar-refractivity contribution in [1.29, 1.82) is 0 Å². The lowest BCUT2D eigenvalue weighted by Gasteiger charge is -2.30. The van der Waals surface area contributed by atoms with Crippen molar-refractivity contribution < 1.29 is 9.32 Å². The predicted octanol–water partition coefficient (Wildman–Crippen LogP) is 3.10. The number of aromatic nitrogens is 1. The molecule has 1 N–H and O–H groups in total. The number of amides is 1. The Morgan fingerprint density at radius 1 is 1.35 bits per heavy atom. The number of carbonyl (C=O) groups is 1. The fourth-order valence-electron chi connectivity index (χ4n) is 2.77. The Balaban J connectivity index is 1.60. The molecule has 23 heavy (non-hydrogen) atoms. The SMILES string of the molecule is Cc1cc(NC(=O)C(C)N2CC=C(c3ccccc3)CC2)on1. The highest BCUT2D eigenvalue weighted by Gasteiger charge is 2.24. The first-order valence-electron chi connectivity index (χ1n) is 7.86. The van der Waals surface area contributed by atoms with Gasteiger partial charge in [0.2, 0.25) is 11.8 Å². The van der Waals surface area contributed by atoms with Crippen molar-refractivity contribution in [3.8, 4) is 0 Å². The molecule has 120 valence electrons. The van der Waals surface area contributed by atoms with Gasteiger partial charge in [0.15, 0.2) is 0 Å². The molecule has 2 heterocycles. The molecule has 1 atom stereocenters. The summed E-state index contributed by atoms with van der Waals surface area (Å²) in [5, 5.41) is 6.54. The number of carbonyl (C=O) groups excluding carboxylic acids is 1. The first kappa shape index (κ1) is 15.5. The van der Waals surface area contributed by atoms with Gasteiger partial charge in [-0.3, -0.25) is 15.0 Å². The first-order valence-corrected chi connectivity index (χ1v) is 7.86. The smallest absolute Gasteiger partial charge is 0.243 e. The quantitative estimate of drug-likeness (QED) is 0.942. The largest absolute Gasteiger partial charge is 0.338 e. The molecular formula is C18H21N3O2. The number of nitrogens with one attached hydrogen (secondary N) is 1. The van der Waals surface area contributed by atoms with Crippen molar-refractivity contribution in [2.75, 3.05) is 18.4 Å². The first-order chi connectivity index (χ1) is 11.1. The number of aryl methyl sites for hydroxylation is 1. The Kier molecular flexibility index (Phi) is 4.57. The van der Waals surface area contributed by atoms with Crippen LogP contribution in [-0.2, 0) is 4.79 Å². The van der Waals surface area contributed by atoms with Crippen molar-refractivity contribution in [1.82, 2.24) is 10.1 Å². The minimum Gasteiger partial charge on any atom is -0.338 e. The van der Waals surface area contributed by atoms with Gasteiger partial charge in [-0.25, -0.2) is 0 Å². The van der Waals surface area contributed by atoms with E-state index < -0.39 is 0 Å². The van der Waals surface area contributed by atoms with Crippen molar-refractivity contribution in [3.63, 3.8) is 0 Å². The molecule has 0 bridgehead atoms. The average Bonchev–Trinajstić information content (AvgIpc) is 3.00. The number of rotatable bonds is 4. The second-order valence-electron chi connectivity index (χ2n) is 5.84. The van der Waals surface area contributed by atoms with Gasteiger partial charge in [-0.05, 0) is 31.4 Å². The minimum atomic E-state index is -0.214. The second kappa shape index (κ2) is 6.79. The third kappa shape index (κ3) is 3.68. The molecule has 0 aliphatic carbocycles. The molecule has 1 amide bonds. The van der Waals surface area contributed by atoms with Gasteiger partial charge in [-0.15, -0.1) is 0 Å². The molecule has 0 saturated heterocycles. The van der Waals surface area contributed by atoms with Crippen LogP contribution in [0.1, 0.15) is 24.6 Å². The zero-order chi connectivity index (χ0) is 16.2. The van der Waals surface area contributed by atoms with Crippen LogP contribution in [0.15, 0.2) is 47.0 Å². The van der Waals surface area contributed by atoms with Gasteiger partial charge in [0.1, 0.15) is 0 Å². The van der Waals surface area contributed by atoms with Gasteiger partial charge in [0.25, 0.3) is 0 Å². The summed E-state index contributed by atoms with van der Waals surface area (Å²) >= 11 is 0. The van der Waals surface area contributed by atoms with Crippen molar-refractivity contribution >= 4 is 17.4 Å². The molecule has 1 aliphatic heterocycles. The van der Waals surface area contributed by atoms with Gasteiger partial charge in [0, 0.05) is 19.2 Å². The average molecular weight is 311 g/mol. The number of hydrogen-bond donors (Lipinski definition) is 1. The summed E-state index contributed by atoms with van der Waals surface area (Å²) in [6.07, 6.45) is 3.16. The van der Waals surface area contributed by atoms with E-state index in [0.29, 0.717) is 5.88 Å². The number of hydrogen-bond acceptors (Lipinski definition) is 4. The zero-order valence-corrected chi connectivity index (χ0v) is 13.5. The Labute approximate surface area is 136 Å². The number of anilines is 1.